The second-order valence-electron chi connectivity index (χ2n) is 12.6. The second-order valence-corrected chi connectivity index (χ2v) is 16.2. The van der Waals surface area contributed by atoms with Crippen molar-refractivity contribution in [1.29, 1.82) is 0 Å². The quantitative estimate of drug-likeness (QED) is 0.156. The molecule has 0 spiro atoms. The first kappa shape index (κ1) is 37.3. The standard InChI is InChI=1S/C33H39F3N8O6S2/c1-42-15-17-44(18-16-42)24-3-5-27(29(20-24)50-25-19-23-7-9-39-31(23)40-22-25)32(45)41-52(48,49)26-4-6-28(30(21-26)51(46,47)33(34,35)36)38-8-2-12-43-13-10-37-11-14-43/h3-7,9,19-22,37-38H,2,8,10-18H2,1H3,(H,39,40)(H,41,45). The van der Waals surface area contributed by atoms with E-state index >= 15 is 0 Å². The Bertz CT molecular complexity index is 2130. The first-order valence-electron chi connectivity index (χ1n) is 16.6. The molecule has 2 fully saturated rings. The zero-order valence-corrected chi connectivity index (χ0v) is 29.9. The van der Waals surface area contributed by atoms with Crippen LogP contribution in [-0.4, -0.2) is 121 Å². The number of ether oxygens (including phenoxy) is 1. The number of aromatic nitrogens is 2. The van der Waals surface area contributed by atoms with E-state index in [0.717, 1.165) is 62.5 Å². The van der Waals surface area contributed by atoms with Crippen LogP contribution in [0, 0.1) is 0 Å². The number of piperazine rings is 2. The Balaban J connectivity index is 1.26. The number of nitrogens with one attached hydrogen (secondary N) is 4. The molecule has 2 aromatic heterocycles. The minimum absolute atomic E-state index is 0.00140. The normalized spacial score (nSPS) is 16.6. The van der Waals surface area contributed by atoms with Gasteiger partial charge >= 0.3 is 5.51 Å². The number of pyridine rings is 1. The zero-order chi connectivity index (χ0) is 37.1. The lowest BCUT2D eigenvalue weighted by molar-refractivity contribution is -0.0435. The molecule has 52 heavy (non-hydrogen) atoms. The van der Waals surface area contributed by atoms with Crippen LogP contribution in [0.1, 0.15) is 16.8 Å². The van der Waals surface area contributed by atoms with E-state index in [1.54, 1.807) is 30.5 Å². The molecule has 280 valence electrons. The van der Waals surface area contributed by atoms with Crippen molar-refractivity contribution in [2.45, 2.75) is 21.7 Å². The van der Waals surface area contributed by atoms with Crippen molar-refractivity contribution >= 4 is 48.2 Å². The van der Waals surface area contributed by atoms with E-state index in [4.69, 9.17) is 4.74 Å². The number of rotatable bonds is 12. The fourth-order valence-electron chi connectivity index (χ4n) is 6.01. The molecule has 0 unspecified atom stereocenters. The first-order chi connectivity index (χ1) is 24.7. The van der Waals surface area contributed by atoms with E-state index in [9.17, 15) is 34.8 Å². The Morgan fingerprint density at radius 1 is 0.962 bits per heavy atom. The van der Waals surface area contributed by atoms with Gasteiger partial charge in [-0.05, 0) is 62.5 Å². The van der Waals surface area contributed by atoms with E-state index in [2.05, 4.69) is 35.3 Å². The maximum absolute atomic E-state index is 13.8. The molecule has 0 radical (unpaired) electrons. The van der Waals surface area contributed by atoms with Crippen LogP contribution in [0.2, 0.25) is 0 Å². The number of carbonyl (C=O) groups is 1. The fraction of sp³-hybridized carbons (Fsp3) is 0.394. The molecule has 19 heteroatoms. The summed E-state index contributed by atoms with van der Waals surface area (Å²) in [6, 6.07) is 10.4. The molecular weight excluding hydrogens is 726 g/mol. The van der Waals surface area contributed by atoms with Gasteiger partial charge in [0.1, 0.15) is 22.0 Å². The van der Waals surface area contributed by atoms with E-state index in [1.807, 2.05) is 11.8 Å². The number of hydrogen-bond acceptors (Lipinski definition) is 12. The highest BCUT2D eigenvalue weighted by atomic mass is 32.2. The van der Waals surface area contributed by atoms with Gasteiger partial charge in [-0.15, -0.1) is 0 Å². The molecule has 2 saturated heterocycles. The summed E-state index contributed by atoms with van der Waals surface area (Å²) in [7, 11) is -8.89. The van der Waals surface area contributed by atoms with Gasteiger partial charge in [-0.2, -0.15) is 13.2 Å². The summed E-state index contributed by atoms with van der Waals surface area (Å²) in [6.45, 7) is 6.97. The molecular formula is C33H39F3N8O6S2. The minimum atomic E-state index is -5.99. The number of amides is 1. The Kier molecular flexibility index (Phi) is 11.0. The Morgan fingerprint density at radius 3 is 2.44 bits per heavy atom. The third-order valence-corrected chi connectivity index (χ3v) is 11.8. The van der Waals surface area contributed by atoms with Crippen molar-refractivity contribution in [3.63, 3.8) is 0 Å². The van der Waals surface area contributed by atoms with Crippen molar-refractivity contribution in [3.8, 4) is 11.5 Å². The molecule has 1 amide bonds. The van der Waals surface area contributed by atoms with Crippen molar-refractivity contribution in [2.24, 2.45) is 0 Å². The number of aromatic amines is 1. The summed E-state index contributed by atoms with van der Waals surface area (Å²) in [6.07, 6.45) is 3.62. The second kappa shape index (κ2) is 15.3. The number of hydrogen-bond donors (Lipinski definition) is 4. The summed E-state index contributed by atoms with van der Waals surface area (Å²) in [5.41, 5.74) is -5.00. The smallest absolute Gasteiger partial charge is 0.455 e. The molecule has 4 heterocycles. The highest BCUT2D eigenvalue weighted by Crippen LogP contribution is 2.36. The Labute approximate surface area is 299 Å². The molecule has 0 saturated carbocycles. The number of fused-ring (bicyclic) bond motifs is 1. The fourth-order valence-corrected chi connectivity index (χ4v) is 8.03. The van der Waals surface area contributed by atoms with Gasteiger partial charge in [0.25, 0.3) is 25.8 Å². The van der Waals surface area contributed by atoms with Crippen LogP contribution in [-0.2, 0) is 19.9 Å². The number of halogens is 3. The Morgan fingerprint density at radius 2 is 1.71 bits per heavy atom. The molecule has 2 aliphatic rings. The lowest BCUT2D eigenvalue weighted by atomic mass is 10.1. The van der Waals surface area contributed by atoms with Gasteiger partial charge < -0.3 is 35.1 Å². The summed E-state index contributed by atoms with van der Waals surface area (Å²) in [5, 5.41) is 6.66. The highest BCUT2D eigenvalue weighted by molar-refractivity contribution is 7.92. The summed E-state index contributed by atoms with van der Waals surface area (Å²) < 4.78 is 102. The lowest BCUT2D eigenvalue weighted by Gasteiger charge is -2.34. The number of likely N-dealkylation sites (N-methyl/N-ethyl adjacent to an activating group) is 1. The van der Waals surface area contributed by atoms with Crippen LogP contribution < -0.4 is 25.0 Å². The van der Waals surface area contributed by atoms with Crippen molar-refractivity contribution < 1.29 is 39.5 Å². The number of sulfonamides is 1. The molecule has 14 nitrogen and oxygen atoms in total. The average molecular weight is 765 g/mol. The number of alkyl halides is 3. The van der Waals surface area contributed by atoms with Crippen molar-refractivity contribution in [3.05, 3.63) is 66.5 Å². The minimum Gasteiger partial charge on any atom is -0.455 e. The third-order valence-electron chi connectivity index (χ3n) is 8.94. The molecule has 0 aliphatic carbocycles. The van der Waals surface area contributed by atoms with Gasteiger partial charge in [0.05, 0.1) is 22.3 Å². The van der Waals surface area contributed by atoms with Gasteiger partial charge in [0.15, 0.2) is 0 Å². The predicted octanol–water partition coefficient (Wildman–Crippen LogP) is 3.23. The van der Waals surface area contributed by atoms with Gasteiger partial charge in [-0.1, -0.05) is 0 Å². The molecule has 4 aromatic rings. The number of sulfone groups is 1. The highest BCUT2D eigenvalue weighted by Gasteiger charge is 2.48. The number of H-pyrrole nitrogens is 1. The monoisotopic (exact) mass is 764 g/mol. The average Bonchev–Trinajstić information content (AvgIpc) is 3.58. The van der Waals surface area contributed by atoms with Crippen molar-refractivity contribution in [2.75, 3.05) is 82.7 Å². The predicted molar refractivity (Wildman–Crippen MR) is 189 cm³/mol. The SMILES string of the molecule is CN1CCN(c2ccc(C(=O)NS(=O)(=O)c3ccc(NCCCN4CCNCC4)c(S(=O)(=O)C(F)(F)F)c3)c(Oc3cnc4[nH]ccc4c3)c2)CC1. The van der Waals surface area contributed by atoms with E-state index in [0.29, 0.717) is 37.8 Å². The number of nitrogens with zero attached hydrogens (tertiary/aromatic N) is 4. The number of benzene rings is 2. The third kappa shape index (κ3) is 8.44. The molecule has 6 rings (SSSR count). The van der Waals surface area contributed by atoms with E-state index in [-0.39, 0.29) is 23.6 Å². The molecule has 2 aliphatic heterocycles. The molecule has 4 N–H and O–H groups in total. The van der Waals surface area contributed by atoms with Crippen LogP contribution in [0.3, 0.4) is 0 Å². The number of carbonyl (C=O) groups excluding carboxylic acids is 1. The van der Waals surface area contributed by atoms with Crippen LogP contribution in [0.25, 0.3) is 11.0 Å². The first-order valence-corrected chi connectivity index (χ1v) is 19.6. The summed E-state index contributed by atoms with van der Waals surface area (Å²) in [4.78, 5) is 25.2. The Hall–Kier alpha value is -4.43. The zero-order valence-electron chi connectivity index (χ0n) is 28.2. The maximum Gasteiger partial charge on any atom is 0.501 e. The topological polar surface area (TPSA) is 169 Å². The molecule has 0 bridgehead atoms. The lowest BCUT2D eigenvalue weighted by Crippen LogP contribution is -2.44. The molecule has 0 atom stereocenters. The van der Waals surface area contributed by atoms with Gasteiger partial charge in [-0.25, -0.2) is 26.5 Å². The van der Waals surface area contributed by atoms with Crippen molar-refractivity contribution in [1.82, 2.24) is 29.8 Å². The van der Waals surface area contributed by atoms with Crippen LogP contribution in [0.5, 0.6) is 11.5 Å². The van der Waals surface area contributed by atoms with E-state index in [1.165, 1.54) is 12.3 Å². The van der Waals surface area contributed by atoms with Gasteiger partial charge in [0, 0.05) is 82.2 Å². The largest absolute Gasteiger partial charge is 0.501 e. The maximum atomic E-state index is 13.8. The van der Waals surface area contributed by atoms with Crippen LogP contribution in [0.15, 0.2) is 70.7 Å². The van der Waals surface area contributed by atoms with Gasteiger partial charge in [0.2, 0.25) is 0 Å². The van der Waals surface area contributed by atoms with E-state index < -0.39 is 46.8 Å². The van der Waals surface area contributed by atoms with Crippen LogP contribution in [0.4, 0.5) is 24.5 Å². The summed E-state index contributed by atoms with van der Waals surface area (Å²) >= 11 is 0. The number of anilines is 2. The van der Waals surface area contributed by atoms with Crippen LogP contribution >= 0.6 is 0 Å². The van der Waals surface area contributed by atoms with Gasteiger partial charge in [-0.3, -0.25) is 4.79 Å². The molecule has 2 aromatic carbocycles. The summed E-state index contributed by atoms with van der Waals surface area (Å²) in [5.74, 6) is -0.884.